The van der Waals surface area contributed by atoms with Crippen molar-refractivity contribution in [3.8, 4) is 0 Å². The topological polar surface area (TPSA) is 49.8 Å². The molecule has 0 saturated heterocycles. The summed E-state index contributed by atoms with van der Waals surface area (Å²) < 4.78 is 5.14. The molecule has 1 N–H and O–H groups in total. The van der Waals surface area contributed by atoms with Crippen LogP contribution in [0.15, 0.2) is 24.3 Å². The van der Waals surface area contributed by atoms with Crippen molar-refractivity contribution in [3.63, 3.8) is 0 Å². The zero-order valence-electron chi connectivity index (χ0n) is 10.6. The van der Waals surface area contributed by atoms with Gasteiger partial charge in [0.2, 0.25) is 0 Å². The van der Waals surface area contributed by atoms with Crippen LogP contribution in [0.25, 0.3) is 0 Å². The van der Waals surface area contributed by atoms with Crippen molar-refractivity contribution in [1.82, 2.24) is 0 Å². The lowest BCUT2D eigenvalue weighted by Gasteiger charge is -2.31. The van der Waals surface area contributed by atoms with Crippen LogP contribution >= 0.6 is 11.6 Å². The summed E-state index contributed by atoms with van der Waals surface area (Å²) in [5.41, 5.74) is 0.839. The molecule has 0 aliphatic heterocycles. The maximum atomic E-state index is 11.0. The molecule has 100 valence electrons. The Balaban J connectivity index is 2.95. The van der Waals surface area contributed by atoms with Crippen LogP contribution in [0.5, 0.6) is 0 Å². The minimum atomic E-state index is -0.862. The van der Waals surface area contributed by atoms with E-state index in [-0.39, 0.29) is 12.6 Å². The largest absolute Gasteiger partial charge is 0.480 e. The van der Waals surface area contributed by atoms with Crippen molar-refractivity contribution in [2.75, 3.05) is 25.2 Å². The predicted octanol–water partition coefficient (Wildman–Crippen LogP) is 2.66. The van der Waals surface area contributed by atoms with E-state index in [1.807, 2.05) is 24.0 Å². The Kier molecular flexibility index (Phi) is 5.95. The van der Waals surface area contributed by atoms with E-state index >= 15 is 0 Å². The number of anilines is 1. The molecule has 0 spiro atoms. The van der Waals surface area contributed by atoms with Gasteiger partial charge in [-0.25, -0.2) is 0 Å². The molecule has 0 aliphatic rings. The van der Waals surface area contributed by atoms with Gasteiger partial charge < -0.3 is 14.7 Å². The summed E-state index contributed by atoms with van der Waals surface area (Å²) in [6, 6.07) is 7.19. The average Bonchev–Trinajstić information content (AvgIpc) is 2.34. The smallest absolute Gasteiger partial charge is 0.323 e. The number of carboxylic acid groups (broad SMARTS) is 1. The Morgan fingerprint density at radius 2 is 2.06 bits per heavy atom. The quantitative estimate of drug-likeness (QED) is 0.828. The van der Waals surface area contributed by atoms with Gasteiger partial charge in [-0.2, -0.15) is 0 Å². The Bertz CT molecular complexity index is 380. The second-order valence-electron chi connectivity index (χ2n) is 4.02. The number of carboxylic acids is 1. The fraction of sp³-hybridized carbons (Fsp3) is 0.462. The van der Waals surface area contributed by atoms with Gasteiger partial charge in [-0.05, 0) is 30.7 Å². The number of hydrogen-bond acceptors (Lipinski definition) is 3. The number of hydrogen-bond donors (Lipinski definition) is 1. The number of methoxy groups -OCH3 is 1. The molecule has 0 aliphatic carbocycles. The molecule has 0 saturated carbocycles. The second kappa shape index (κ2) is 7.24. The Morgan fingerprint density at radius 1 is 1.44 bits per heavy atom. The fourth-order valence-corrected chi connectivity index (χ4v) is 1.96. The fourth-order valence-electron chi connectivity index (χ4n) is 1.83. The van der Waals surface area contributed by atoms with Gasteiger partial charge in [0.15, 0.2) is 0 Å². The standard InChI is InChI=1S/C13H18ClNO3/c1-3-11(9-18-2)15(8-13(16)17)12-6-4-10(14)5-7-12/h4-7,11H,3,8-9H2,1-2H3,(H,16,17). The van der Waals surface area contributed by atoms with Crippen LogP contribution < -0.4 is 4.90 Å². The zero-order chi connectivity index (χ0) is 13.5. The van der Waals surface area contributed by atoms with E-state index in [1.165, 1.54) is 0 Å². The van der Waals surface area contributed by atoms with Crippen LogP contribution in [0.3, 0.4) is 0 Å². The third kappa shape index (κ3) is 4.20. The van der Waals surface area contributed by atoms with E-state index in [4.69, 9.17) is 21.4 Å². The molecule has 1 rings (SSSR count). The van der Waals surface area contributed by atoms with Crippen molar-refractivity contribution in [1.29, 1.82) is 0 Å². The van der Waals surface area contributed by atoms with Crippen LogP contribution in [-0.2, 0) is 9.53 Å². The molecule has 0 fully saturated rings. The summed E-state index contributed by atoms with van der Waals surface area (Å²) in [4.78, 5) is 12.8. The van der Waals surface area contributed by atoms with E-state index < -0.39 is 5.97 Å². The molecule has 1 aromatic carbocycles. The first-order valence-corrected chi connectivity index (χ1v) is 6.19. The lowest BCUT2D eigenvalue weighted by molar-refractivity contribution is -0.135. The number of aliphatic carboxylic acids is 1. The molecule has 0 radical (unpaired) electrons. The van der Waals surface area contributed by atoms with E-state index in [9.17, 15) is 4.79 Å². The lowest BCUT2D eigenvalue weighted by atomic mass is 10.1. The third-order valence-corrected chi connectivity index (χ3v) is 2.99. The summed E-state index contributed by atoms with van der Waals surface area (Å²) in [7, 11) is 1.61. The van der Waals surface area contributed by atoms with Gasteiger partial charge >= 0.3 is 5.97 Å². The maximum absolute atomic E-state index is 11.0. The minimum absolute atomic E-state index is 0.0345. The highest BCUT2D eigenvalue weighted by atomic mass is 35.5. The monoisotopic (exact) mass is 271 g/mol. The molecule has 0 heterocycles. The molecule has 1 atom stereocenters. The van der Waals surface area contributed by atoms with Crippen LogP contribution in [0.1, 0.15) is 13.3 Å². The number of rotatable bonds is 7. The highest BCUT2D eigenvalue weighted by molar-refractivity contribution is 6.30. The first-order valence-electron chi connectivity index (χ1n) is 5.81. The zero-order valence-corrected chi connectivity index (χ0v) is 11.4. The van der Waals surface area contributed by atoms with Gasteiger partial charge in [-0.1, -0.05) is 18.5 Å². The van der Waals surface area contributed by atoms with Crippen molar-refractivity contribution < 1.29 is 14.6 Å². The Hall–Kier alpha value is -1.26. The number of nitrogens with zero attached hydrogens (tertiary/aromatic N) is 1. The van der Waals surface area contributed by atoms with Crippen LogP contribution in [0.4, 0.5) is 5.69 Å². The third-order valence-electron chi connectivity index (χ3n) is 2.73. The summed E-state index contributed by atoms with van der Waals surface area (Å²) in [5, 5.41) is 9.64. The molecule has 4 nitrogen and oxygen atoms in total. The molecular weight excluding hydrogens is 254 g/mol. The SMILES string of the molecule is CCC(COC)N(CC(=O)O)c1ccc(Cl)cc1. The van der Waals surface area contributed by atoms with Gasteiger partial charge in [-0.3, -0.25) is 4.79 Å². The normalized spacial score (nSPS) is 12.2. The van der Waals surface area contributed by atoms with Crippen molar-refractivity contribution >= 4 is 23.3 Å². The first kappa shape index (κ1) is 14.8. The lowest BCUT2D eigenvalue weighted by Crippen LogP contribution is -2.41. The summed E-state index contributed by atoms with van der Waals surface area (Å²) in [6.07, 6.45) is 0.809. The van der Waals surface area contributed by atoms with Crippen LogP contribution in [0.2, 0.25) is 5.02 Å². The number of halogens is 1. The van der Waals surface area contributed by atoms with Gasteiger partial charge in [0, 0.05) is 17.8 Å². The summed E-state index contributed by atoms with van der Waals surface area (Å²) >= 11 is 5.84. The molecule has 0 aromatic heterocycles. The Labute approximate surface area is 112 Å². The van der Waals surface area contributed by atoms with Gasteiger partial charge in [0.1, 0.15) is 6.54 Å². The minimum Gasteiger partial charge on any atom is -0.480 e. The summed E-state index contributed by atoms with van der Waals surface area (Å²) in [6.45, 7) is 2.45. The van der Waals surface area contributed by atoms with Crippen LogP contribution in [0, 0.1) is 0 Å². The van der Waals surface area contributed by atoms with Gasteiger partial charge in [-0.15, -0.1) is 0 Å². The van der Waals surface area contributed by atoms with Crippen molar-refractivity contribution in [2.45, 2.75) is 19.4 Å². The van der Waals surface area contributed by atoms with E-state index in [0.29, 0.717) is 11.6 Å². The first-order chi connectivity index (χ1) is 8.58. The van der Waals surface area contributed by atoms with Crippen LogP contribution in [-0.4, -0.2) is 37.4 Å². The second-order valence-corrected chi connectivity index (χ2v) is 4.45. The average molecular weight is 272 g/mol. The molecule has 5 heteroatoms. The highest BCUT2D eigenvalue weighted by Crippen LogP contribution is 2.21. The molecule has 18 heavy (non-hydrogen) atoms. The maximum Gasteiger partial charge on any atom is 0.323 e. The molecule has 0 bridgehead atoms. The van der Waals surface area contributed by atoms with Crippen molar-refractivity contribution in [2.24, 2.45) is 0 Å². The van der Waals surface area contributed by atoms with Gasteiger partial charge in [0.05, 0.1) is 12.6 Å². The van der Waals surface area contributed by atoms with E-state index in [0.717, 1.165) is 12.1 Å². The molecule has 1 aromatic rings. The van der Waals surface area contributed by atoms with Gasteiger partial charge in [0.25, 0.3) is 0 Å². The van der Waals surface area contributed by atoms with Crippen molar-refractivity contribution in [3.05, 3.63) is 29.3 Å². The molecule has 1 unspecified atom stereocenters. The molecular formula is C13H18ClNO3. The highest BCUT2D eigenvalue weighted by Gasteiger charge is 2.19. The number of carbonyl (C=O) groups is 1. The number of ether oxygens (including phenoxy) is 1. The van der Waals surface area contributed by atoms with E-state index in [2.05, 4.69) is 0 Å². The molecule has 0 amide bonds. The summed E-state index contributed by atoms with van der Waals surface area (Å²) in [5.74, 6) is -0.862. The number of benzene rings is 1. The Morgan fingerprint density at radius 3 is 2.50 bits per heavy atom. The predicted molar refractivity (Wildman–Crippen MR) is 72.4 cm³/mol. The van der Waals surface area contributed by atoms with E-state index in [1.54, 1.807) is 19.2 Å².